The Morgan fingerprint density at radius 3 is 1.63 bits per heavy atom. The lowest BCUT2D eigenvalue weighted by atomic mass is 9.83. The third kappa shape index (κ3) is 2.35. The topological polar surface area (TPSA) is 17.1 Å². The predicted molar refractivity (Wildman–Crippen MR) is 57.1 cm³/mol. The van der Waals surface area contributed by atoms with Crippen LogP contribution >= 0.6 is 0 Å². The van der Waals surface area contributed by atoms with E-state index in [1.54, 1.807) is 0 Å². The van der Waals surface area contributed by atoms with Crippen LogP contribution in [-0.2, 0) is 0 Å². The van der Waals surface area contributed by atoms with Gasteiger partial charge >= 0.3 is 0 Å². The van der Waals surface area contributed by atoms with Gasteiger partial charge in [-0.1, -0.05) is 19.3 Å². The number of benzene rings is 1. The number of hydrogen-bond donors (Lipinski definition) is 0. The van der Waals surface area contributed by atoms with Gasteiger partial charge in [-0.25, -0.2) is 22.0 Å². The second-order valence-corrected chi connectivity index (χ2v) is 4.64. The van der Waals surface area contributed by atoms with Crippen LogP contribution in [0.4, 0.5) is 22.0 Å². The molecule has 1 aliphatic carbocycles. The van der Waals surface area contributed by atoms with Crippen LogP contribution in [0.25, 0.3) is 0 Å². The Balaban J connectivity index is 2.47. The summed E-state index contributed by atoms with van der Waals surface area (Å²) in [5.74, 6) is -12.1. The average molecular weight is 278 g/mol. The van der Waals surface area contributed by atoms with E-state index in [0.29, 0.717) is 25.7 Å². The molecule has 0 spiro atoms. The van der Waals surface area contributed by atoms with Crippen molar-refractivity contribution in [3.63, 3.8) is 0 Å². The number of carbonyl (C=O) groups is 1. The molecule has 0 bridgehead atoms. The smallest absolute Gasteiger partial charge is 0.200 e. The Morgan fingerprint density at radius 1 is 0.737 bits per heavy atom. The van der Waals surface area contributed by atoms with Crippen molar-refractivity contribution in [1.29, 1.82) is 0 Å². The third-order valence-corrected chi connectivity index (χ3v) is 3.43. The van der Waals surface area contributed by atoms with Crippen LogP contribution in [0.15, 0.2) is 0 Å². The van der Waals surface area contributed by atoms with Crippen LogP contribution < -0.4 is 0 Å². The average Bonchev–Trinajstić information content (AvgIpc) is 2.44. The summed E-state index contributed by atoms with van der Waals surface area (Å²) in [6, 6.07) is 0. The van der Waals surface area contributed by atoms with Crippen molar-refractivity contribution in [3.05, 3.63) is 34.6 Å². The number of carbonyl (C=O) groups excluding carboxylic acids is 1. The summed E-state index contributed by atoms with van der Waals surface area (Å²) in [4.78, 5) is 11.9. The van der Waals surface area contributed by atoms with Crippen LogP contribution in [-0.4, -0.2) is 5.78 Å². The Kier molecular flexibility index (Phi) is 3.87. The molecule has 1 aromatic carbocycles. The lowest BCUT2D eigenvalue weighted by Crippen LogP contribution is -2.22. The van der Waals surface area contributed by atoms with Crippen molar-refractivity contribution in [2.45, 2.75) is 32.1 Å². The minimum atomic E-state index is -2.24. The molecule has 19 heavy (non-hydrogen) atoms. The van der Waals surface area contributed by atoms with E-state index in [1.165, 1.54) is 0 Å². The molecule has 0 aromatic heterocycles. The molecule has 0 amide bonds. The fraction of sp³-hybridized carbons (Fsp3) is 0.462. The van der Waals surface area contributed by atoms with Crippen molar-refractivity contribution in [1.82, 2.24) is 0 Å². The summed E-state index contributed by atoms with van der Waals surface area (Å²) in [5.41, 5.74) is -1.30. The highest BCUT2D eigenvalue weighted by atomic mass is 19.2. The summed E-state index contributed by atoms with van der Waals surface area (Å²) in [5, 5.41) is 0. The van der Waals surface area contributed by atoms with E-state index in [-0.39, 0.29) is 0 Å². The van der Waals surface area contributed by atoms with Gasteiger partial charge in [0.1, 0.15) is 0 Å². The second kappa shape index (κ2) is 5.27. The molecule has 0 N–H and O–H groups in total. The van der Waals surface area contributed by atoms with Crippen molar-refractivity contribution < 1.29 is 26.7 Å². The van der Waals surface area contributed by atoms with Gasteiger partial charge in [0.2, 0.25) is 5.82 Å². The van der Waals surface area contributed by atoms with E-state index in [1.807, 2.05) is 0 Å². The Morgan fingerprint density at radius 2 is 1.16 bits per heavy atom. The molecule has 104 valence electrons. The molecule has 1 aliphatic rings. The van der Waals surface area contributed by atoms with Crippen LogP contribution in [0.2, 0.25) is 0 Å². The van der Waals surface area contributed by atoms with Crippen LogP contribution in [0, 0.1) is 35.0 Å². The Bertz CT molecular complexity index is 491. The van der Waals surface area contributed by atoms with Gasteiger partial charge in [0.05, 0.1) is 5.56 Å². The molecule has 0 radical (unpaired) electrons. The first-order valence-electron chi connectivity index (χ1n) is 6.00. The monoisotopic (exact) mass is 278 g/mol. The summed E-state index contributed by atoms with van der Waals surface area (Å²) in [6.07, 6.45) is 3.16. The first kappa shape index (κ1) is 14.0. The summed E-state index contributed by atoms with van der Waals surface area (Å²) >= 11 is 0. The van der Waals surface area contributed by atoms with Gasteiger partial charge in [0.15, 0.2) is 29.1 Å². The van der Waals surface area contributed by atoms with Gasteiger partial charge in [-0.15, -0.1) is 0 Å². The van der Waals surface area contributed by atoms with Gasteiger partial charge in [0.25, 0.3) is 0 Å². The largest absolute Gasteiger partial charge is 0.294 e. The standard InChI is InChI=1S/C13H11F5O/c14-8-7(9(15)11(17)12(18)10(8)16)13(19)6-4-2-1-3-5-6/h6H,1-5H2. The van der Waals surface area contributed by atoms with Gasteiger partial charge in [-0.3, -0.25) is 4.79 Å². The molecule has 1 fully saturated rings. The van der Waals surface area contributed by atoms with Crippen molar-refractivity contribution in [3.8, 4) is 0 Å². The summed E-state index contributed by atoms with van der Waals surface area (Å²) in [6.45, 7) is 0. The van der Waals surface area contributed by atoms with Crippen molar-refractivity contribution in [2.24, 2.45) is 5.92 Å². The number of Topliss-reactive ketones (excluding diaryl/α,β-unsaturated/α-hetero) is 1. The van der Waals surface area contributed by atoms with Gasteiger partial charge in [-0.05, 0) is 12.8 Å². The molecule has 1 saturated carbocycles. The summed E-state index contributed by atoms with van der Waals surface area (Å²) in [7, 11) is 0. The predicted octanol–water partition coefficient (Wildman–Crippen LogP) is 4.15. The molecule has 1 nitrogen and oxygen atoms in total. The van der Waals surface area contributed by atoms with E-state index >= 15 is 0 Å². The van der Waals surface area contributed by atoms with E-state index in [0.717, 1.165) is 6.42 Å². The van der Waals surface area contributed by atoms with E-state index in [4.69, 9.17) is 0 Å². The number of halogens is 5. The second-order valence-electron chi connectivity index (χ2n) is 4.64. The quantitative estimate of drug-likeness (QED) is 0.344. The van der Waals surface area contributed by atoms with E-state index in [9.17, 15) is 26.7 Å². The molecule has 2 rings (SSSR count). The van der Waals surface area contributed by atoms with Gasteiger partial charge in [-0.2, -0.15) is 0 Å². The Hall–Kier alpha value is -1.46. The number of rotatable bonds is 2. The maximum Gasteiger partial charge on any atom is 0.200 e. The molecule has 0 atom stereocenters. The van der Waals surface area contributed by atoms with E-state index < -0.39 is 46.4 Å². The molecule has 0 aliphatic heterocycles. The number of ketones is 1. The molecule has 1 aromatic rings. The SMILES string of the molecule is O=C(c1c(F)c(F)c(F)c(F)c1F)C1CCCCC1. The fourth-order valence-corrected chi connectivity index (χ4v) is 2.39. The number of hydrogen-bond acceptors (Lipinski definition) is 1. The minimum Gasteiger partial charge on any atom is -0.294 e. The molecule has 0 unspecified atom stereocenters. The third-order valence-electron chi connectivity index (χ3n) is 3.43. The first-order valence-corrected chi connectivity index (χ1v) is 6.00. The molecular weight excluding hydrogens is 267 g/mol. The Labute approximate surface area is 106 Å². The van der Waals surface area contributed by atoms with Crippen LogP contribution in [0.3, 0.4) is 0 Å². The normalized spacial score (nSPS) is 16.7. The maximum atomic E-state index is 13.5. The van der Waals surface area contributed by atoms with E-state index in [2.05, 4.69) is 0 Å². The molecular formula is C13H11F5O. The fourth-order valence-electron chi connectivity index (χ4n) is 2.39. The lowest BCUT2D eigenvalue weighted by Gasteiger charge is -2.20. The zero-order valence-corrected chi connectivity index (χ0v) is 9.91. The zero-order valence-electron chi connectivity index (χ0n) is 9.91. The molecule has 6 heteroatoms. The minimum absolute atomic E-state index is 0.415. The highest BCUT2D eigenvalue weighted by molar-refractivity contribution is 5.98. The maximum absolute atomic E-state index is 13.5. The molecule has 0 saturated heterocycles. The first-order chi connectivity index (χ1) is 8.95. The van der Waals surface area contributed by atoms with Crippen molar-refractivity contribution >= 4 is 5.78 Å². The van der Waals surface area contributed by atoms with Gasteiger partial charge in [0, 0.05) is 5.92 Å². The van der Waals surface area contributed by atoms with Crippen LogP contribution in [0.5, 0.6) is 0 Å². The zero-order chi connectivity index (χ0) is 14.2. The van der Waals surface area contributed by atoms with Crippen molar-refractivity contribution in [2.75, 3.05) is 0 Å². The lowest BCUT2D eigenvalue weighted by molar-refractivity contribution is 0.0877. The van der Waals surface area contributed by atoms with Gasteiger partial charge < -0.3 is 0 Å². The summed E-state index contributed by atoms with van der Waals surface area (Å²) < 4.78 is 65.8. The molecule has 0 heterocycles. The highest BCUT2D eigenvalue weighted by Crippen LogP contribution is 2.31. The van der Waals surface area contributed by atoms with Crippen LogP contribution in [0.1, 0.15) is 42.5 Å². The highest BCUT2D eigenvalue weighted by Gasteiger charge is 2.33.